The molecule has 0 rings (SSSR count). The van der Waals surface area contributed by atoms with Gasteiger partial charge >= 0.3 is 39.5 Å². The summed E-state index contributed by atoms with van der Waals surface area (Å²) in [6.07, 6.45) is 33.7. The van der Waals surface area contributed by atoms with E-state index in [1.54, 1.807) is 0 Å². The molecule has 3 N–H and O–H groups in total. The van der Waals surface area contributed by atoms with Crippen molar-refractivity contribution in [1.82, 2.24) is 0 Å². The van der Waals surface area contributed by atoms with E-state index in [4.69, 9.17) is 37.0 Å². The largest absolute Gasteiger partial charge is 0.472 e. The fourth-order valence-corrected chi connectivity index (χ4v) is 11.0. The smallest absolute Gasteiger partial charge is 0.462 e. The number of esters is 4. The Hall–Kier alpha value is -1.94. The molecule has 19 heteroatoms. The maximum absolute atomic E-state index is 13.0. The topological polar surface area (TPSA) is 237 Å². The van der Waals surface area contributed by atoms with Crippen LogP contribution in [-0.2, 0) is 65.4 Å². The first-order valence-electron chi connectivity index (χ1n) is 33.2. The summed E-state index contributed by atoms with van der Waals surface area (Å²) in [6, 6.07) is 0. The first kappa shape index (κ1) is 81.1. The van der Waals surface area contributed by atoms with Gasteiger partial charge in [-0.05, 0) is 49.4 Å². The van der Waals surface area contributed by atoms with Crippen LogP contribution in [0.1, 0.15) is 306 Å². The van der Waals surface area contributed by atoms with Crippen LogP contribution in [-0.4, -0.2) is 96.7 Å². The molecule has 0 aromatic carbocycles. The van der Waals surface area contributed by atoms with Crippen LogP contribution in [0.25, 0.3) is 0 Å². The molecule has 492 valence electrons. The Balaban J connectivity index is 5.25. The molecule has 17 nitrogen and oxygen atoms in total. The number of ether oxygens (including phenoxy) is 4. The van der Waals surface area contributed by atoms with Crippen LogP contribution in [0.15, 0.2) is 0 Å². The van der Waals surface area contributed by atoms with Crippen LogP contribution < -0.4 is 0 Å². The molecule has 0 heterocycles. The summed E-state index contributed by atoms with van der Waals surface area (Å²) < 4.78 is 68.0. The highest BCUT2D eigenvalue weighted by Gasteiger charge is 2.30. The Bertz CT molecular complexity index is 1660. The summed E-state index contributed by atoms with van der Waals surface area (Å²) in [5, 5.41) is 10.5. The highest BCUT2D eigenvalue weighted by Crippen LogP contribution is 2.45. The zero-order valence-corrected chi connectivity index (χ0v) is 55.6. The lowest BCUT2D eigenvalue weighted by atomic mass is 10.00. The molecule has 0 aliphatic rings. The molecule has 0 saturated carbocycles. The summed E-state index contributed by atoms with van der Waals surface area (Å²) in [6.45, 7) is 13.9. The molecule has 0 saturated heterocycles. The lowest BCUT2D eigenvalue weighted by Crippen LogP contribution is -2.30. The number of unbranched alkanes of at least 4 members (excludes halogenated alkanes) is 26. The number of hydrogen-bond donors (Lipinski definition) is 3. The molecular formula is C64H124O17P2. The van der Waals surface area contributed by atoms with Gasteiger partial charge in [0.15, 0.2) is 12.2 Å². The van der Waals surface area contributed by atoms with Gasteiger partial charge in [0, 0.05) is 25.7 Å². The predicted molar refractivity (Wildman–Crippen MR) is 331 cm³/mol. The number of aliphatic hydroxyl groups excluding tert-OH is 1. The predicted octanol–water partition coefficient (Wildman–Crippen LogP) is 17.4. The second kappa shape index (κ2) is 54.2. The van der Waals surface area contributed by atoms with E-state index in [0.29, 0.717) is 37.5 Å². The normalized spacial score (nSPS) is 14.8. The standard InChI is InChI=1S/C64H124O17P2/c1-9-57(8)43-35-27-21-23-29-37-45-62(67)75-51-59(80-63(68)46-38-30-18-14-12-10-11-13-16-24-32-40-54(2)3)52-78-82(70,71)76-48-58(65)49-77-83(72,73)79-53-60(50-74-61(66)44-36-28-22-20-26-34-42-56(6)7)81-64(69)47-39-31-19-15-17-25-33-41-55(4)5/h54-60,65H,9-53H2,1-8H3,(H,70,71)(H,72,73)/t57?,58-,59-,60-/m1/s1. The van der Waals surface area contributed by atoms with Gasteiger partial charge in [-0.25, -0.2) is 9.13 Å². The highest BCUT2D eigenvalue weighted by atomic mass is 31.2. The Kier molecular flexibility index (Phi) is 53.0. The molecule has 6 atom stereocenters. The second-order valence-corrected chi connectivity index (χ2v) is 27.7. The fourth-order valence-electron chi connectivity index (χ4n) is 9.40. The van der Waals surface area contributed by atoms with E-state index in [2.05, 4.69) is 55.4 Å². The molecule has 0 fully saturated rings. The first-order valence-corrected chi connectivity index (χ1v) is 36.2. The zero-order valence-electron chi connectivity index (χ0n) is 53.8. The molecule has 0 aliphatic carbocycles. The van der Waals surface area contributed by atoms with Crippen molar-refractivity contribution < 1.29 is 80.2 Å². The average Bonchev–Trinajstić information content (AvgIpc) is 3.43. The SMILES string of the molecule is CCC(C)CCCCCCCCC(=O)OC[C@H](COP(=O)(O)OC[C@@H](O)COP(=O)(O)OC[C@@H](COC(=O)CCCCCCCCC(C)C)OC(=O)CCCCCCCCCC(C)C)OC(=O)CCCCCCCCCCCCCC(C)C. The number of carbonyl (C=O) groups excluding carboxylic acids is 4. The average molecular weight is 1230 g/mol. The van der Waals surface area contributed by atoms with Gasteiger partial charge in [0.25, 0.3) is 0 Å². The van der Waals surface area contributed by atoms with E-state index in [-0.39, 0.29) is 25.7 Å². The van der Waals surface area contributed by atoms with Crippen molar-refractivity contribution >= 4 is 39.5 Å². The van der Waals surface area contributed by atoms with Crippen LogP contribution in [0, 0.1) is 23.7 Å². The molecule has 0 spiro atoms. The Morgan fingerprint density at radius 3 is 0.855 bits per heavy atom. The van der Waals surface area contributed by atoms with Gasteiger partial charge in [0.2, 0.25) is 0 Å². The molecular weight excluding hydrogens is 1100 g/mol. The maximum Gasteiger partial charge on any atom is 0.472 e. The summed E-state index contributed by atoms with van der Waals surface area (Å²) >= 11 is 0. The summed E-state index contributed by atoms with van der Waals surface area (Å²) in [4.78, 5) is 72.2. The number of rotatable bonds is 61. The van der Waals surface area contributed by atoms with Crippen LogP contribution in [0.3, 0.4) is 0 Å². The Morgan fingerprint density at radius 1 is 0.337 bits per heavy atom. The highest BCUT2D eigenvalue weighted by molar-refractivity contribution is 7.47. The number of phosphoric acid groups is 2. The van der Waals surface area contributed by atoms with Crippen LogP contribution in [0.4, 0.5) is 0 Å². The van der Waals surface area contributed by atoms with Crippen molar-refractivity contribution in [1.29, 1.82) is 0 Å². The van der Waals surface area contributed by atoms with Crippen molar-refractivity contribution in [2.45, 2.75) is 324 Å². The quantitative estimate of drug-likeness (QED) is 0.0222. The number of carbonyl (C=O) groups is 4. The number of aliphatic hydroxyl groups is 1. The summed E-state index contributed by atoms with van der Waals surface area (Å²) in [7, 11) is -9.89. The number of phosphoric ester groups is 2. The van der Waals surface area contributed by atoms with E-state index in [1.165, 1.54) is 96.3 Å². The minimum Gasteiger partial charge on any atom is -0.462 e. The minimum absolute atomic E-state index is 0.102. The van der Waals surface area contributed by atoms with E-state index in [1.807, 2.05) is 0 Å². The Labute approximate surface area is 505 Å². The summed E-state index contributed by atoms with van der Waals surface area (Å²) in [5.74, 6) is 0.729. The molecule has 83 heavy (non-hydrogen) atoms. The van der Waals surface area contributed by atoms with Crippen LogP contribution in [0.2, 0.25) is 0 Å². The van der Waals surface area contributed by atoms with E-state index >= 15 is 0 Å². The third-order valence-electron chi connectivity index (χ3n) is 14.9. The third kappa shape index (κ3) is 57.6. The van der Waals surface area contributed by atoms with Crippen molar-refractivity contribution in [3.05, 3.63) is 0 Å². The van der Waals surface area contributed by atoms with Gasteiger partial charge in [-0.2, -0.15) is 0 Å². The third-order valence-corrected chi connectivity index (χ3v) is 16.8. The van der Waals surface area contributed by atoms with Crippen molar-refractivity contribution in [2.24, 2.45) is 23.7 Å². The molecule has 0 amide bonds. The van der Waals surface area contributed by atoms with Gasteiger partial charge < -0.3 is 33.8 Å². The molecule has 0 aromatic heterocycles. The van der Waals surface area contributed by atoms with Gasteiger partial charge in [0.05, 0.1) is 26.4 Å². The number of hydrogen-bond acceptors (Lipinski definition) is 15. The monoisotopic (exact) mass is 1230 g/mol. The molecule has 0 bridgehead atoms. The van der Waals surface area contributed by atoms with Gasteiger partial charge in [-0.1, -0.05) is 254 Å². The Morgan fingerprint density at radius 2 is 0.578 bits per heavy atom. The van der Waals surface area contributed by atoms with Crippen molar-refractivity contribution in [2.75, 3.05) is 39.6 Å². The van der Waals surface area contributed by atoms with E-state index in [0.717, 1.165) is 115 Å². The lowest BCUT2D eigenvalue weighted by molar-refractivity contribution is -0.161. The van der Waals surface area contributed by atoms with Gasteiger partial charge in [0.1, 0.15) is 19.3 Å². The van der Waals surface area contributed by atoms with Gasteiger partial charge in [-0.15, -0.1) is 0 Å². The van der Waals surface area contributed by atoms with Crippen molar-refractivity contribution in [3.63, 3.8) is 0 Å². The van der Waals surface area contributed by atoms with Crippen molar-refractivity contribution in [3.8, 4) is 0 Å². The molecule has 0 aromatic rings. The maximum atomic E-state index is 13.0. The van der Waals surface area contributed by atoms with Crippen LogP contribution >= 0.6 is 15.6 Å². The fraction of sp³-hybridized carbons (Fsp3) is 0.938. The molecule has 0 radical (unpaired) electrons. The minimum atomic E-state index is -4.95. The van der Waals surface area contributed by atoms with E-state index < -0.39 is 97.5 Å². The lowest BCUT2D eigenvalue weighted by Gasteiger charge is -2.21. The van der Waals surface area contributed by atoms with Crippen LogP contribution in [0.5, 0.6) is 0 Å². The van der Waals surface area contributed by atoms with E-state index in [9.17, 15) is 43.2 Å². The molecule has 0 aliphatic heterocycles. The van der Waals surface area contributed by atoms with Gasteiger partial charge in [-0.3, -0.25) is 37.3 Å². The summed E-state index contributed by atoms with van der Waals surface area (Å²) in [5.41, 5.74) is 0. The molecule has 3 unspecified atom stereocenters. The first-order chi connectivity index (χ1) is 39.6. The zero-order chi connectivity index (χ0) is 61.8. The second-order valence-electron chi connectivity index (χ2n) is 24.8.